The quantitative estimate of drug-likeness (QED) is 0.795. The van der Waals surface area contributed by atoms with E-state index in [1.165, 1.54) is 0 Å². The van der Waals surface area contributed by atoms with Crippen molar-refractivity contribution in [1.29, 1.82) is 0 Å². The Morgan fingerprint density at radius 1 is 1.32 bits per heavy atom. The van der Waals surface area contributed by atoms with Crippen molar-refractivity contribution in [2.75, 3.05) is 6.54 Å². The fourth-order valence-electron chi connectivity index (χ4n) is 2.75. The minimum absolute atomic E-state index is 0.0952. The third-order valence-electron chi connectivity index (χ3n) is 4.05. The van der Waals surface area contributed by atoms with Crippen LogP contribution >= 0.6 is 0 Å². The molecule has 0 aliphatic heterocycles. The van der Waals surface area contributed by atoms with E-state index in [9.17, 15) is 4.79 Å². The Kier molecular flexibility index (Phi) is 5.43. The fourth-order valence-corrected chi connectivity index (χ4v) is 2.75. The highest BCUT2D eigenvalue weighted by Crippen LogP contribution is 2.36. The summed E-state index contributed by atoms with van der Waals surface area (Å²) < 4.78 is 5.66. The van der Waals surface area contributed by atoms with E-state index in [1.807, 2.05) is 0 Å². The van der Waals surface area contributed by atoms with Crippen molar-refractivity contribution >= 4 is 5.97 Å². The molecule has 112 valence electrons. The van der Waals surface area contributed by atoms with E-state index in [4.69, 9.17) is 10.5 Å². The van der Waals surface area contributed by atoms with Gasteiger partial charge in [0, 0.05) is 6.54 Å². The first-order valence-electron chi connectivity index (χ1n) is 7.53. The average Bonchev–Trinajstić information content (AvgIpc) is 2.27. The Morgan fingerprint density at radius 2 is 1.84 bits per heavy atom. The maximum absolute atomic E-state index is 12.2. The largest absolute Gasteiger partial charge is 0.462 e. The molecule has 0 radical (unpaired) electrons. The molecule has 0 heterocycles. The summed E-state index contributed by atoms with van der Waals surface area (Å²) in [7, 11) is 0. The maximum Gasteiger partial charge on any atom is 0.310 e. The number of carbonyl (C=O) groups excluding carboxylic acids is 1. The zero-order valence-electron chi connectivity index (χ0n) is 13.3. The van der Waals surface area contributed by atoms with Crippen LogP contribution in [0.3, 0.4) is 0 Å². The van der Waals surface area contributed by atoms with Gasteiger partial charge in [0.05, 0.1) is 5.92 Å². The monoisotopic (exact) mass is 269 g/mol. The minimum Gasteiger partial charge on any atom is -0.462 e. The standard InChI is InChI=1S/C16H31NO2/c1-15(2,3)10-12(11-17)14(18)19-13-6-8-16(4,5)9-7-13/h12-13H,6-11,17H2,1-5H3. The molecule has 2 N–H and O–H groups in total. The third kappa shape index (κ3) is 5.94. The van der Waals surface area contributed by atoms with Crippen molar-refractivity contribution in [1.82, 2.24) is 0 Å². The van der Waals surface area contributed by atoms with Crippen LogP contribution in [0.1, 0.15) is 66.7 Å². The van der Waals surface area contributed by atoms with Crippen LogP contribution in [0.4, 0.5) is 0 Å². The van der Waals surface area contributed by atoms with Gasteiger partial charge in [0.1, 0.15) is 6.10 Å². The van der Waals surface area contributed by atoms with Gasteiger partial charge in [-0.1, -0.05) is 34.6 Å². The number of esters is 1. The van der Waals surface area contributed by atoms with Gasteiger partial charge in [-0.25, -0.2) is 0 Å². The first-order chi connectivity index (χ1) is 8.63. The lowest BCUT2D eigenvalue weighted by Crippen LogP contribution is -2.34. The number of nitrogens with two attached hydrogens (primary N) is 1. The lowest BCUT2D eigenvalue weighted by atomic mass is 9.76. The smallest absolute Gasteiger partial charge is 0.310 e. The first-order valence-corrected chi connectivity index (χ1v) is 7.53. The Hall–Kier alpha value is -0.570. The zero-order valence-corrected chi connectivity index (χ0v) is 13.3. The minimum atomic E-state index is -0.157. The lowest BCUT2D eigenvalue weighted by molar-refractivity contribution is -0.157. The Labute approximate surface area is 118 Å². The van der Waals surface area contributed by atoms with Crippen LogP contribution in [0.2, 0.25) is 0 Å². The molecule has 3 nitrogen and oxygen atoms in total. The van der Waals surface area contributed by atoms with Gasteiger partial charge in [-0.05, 0) is 42.9 Å². The van der Waals surface area contributed by atoms with Crippen LogP contribution in [0.15, 0.2) is 0 Å². The predicted molar refractivity (Wildman–Crippen MR) is 78.7 cm³/mol. The van der Waals surface area contributed by atoms with Crippen LogP contribution in [-0.4, -0.2) is 18.6 Å². The van der Waals surface area contributed by atoms with Crippen LogP contribution in [-0.2, 0) is 9.53 Å². The van der Waals surface area contributed by atoms with Crippen LogP contribution in [0, 0.1) is 16.7 Å². The highest BCUT2D eigenvalue weighted by Gasteiger charge is 2.31. The first kappa shape index (κ1) is 16.5. The molecule has 1 aliphatic rings. The summed E-state index contributed by atoms with van der Waals surface area (Å²) in [5.74, 6) is -0.253. The van der Waals surface area contributed by atoms with Crippen molar-refractivity contribution in [2.45, 2.75) is 72.8 Å². The van der Waals surface area contributed by atoms with Crippen molar-refractivity contribution in [2.24, 2.45) is 22.5 Å². The van der Waals surface area contributed by atoms with E-state index in [2.05, 4.69) is 34.6 Å². The number of hydrogen-bond donors (Lipinski definition) is 1. The second-order valence-corrected chi connectivity index (χ2v) is 8.00. The van der Waals surface area contributed by atoms with E-state index >= 15 is 0 Å². The molecule has 1 rings (SSSR count). The number of ether oxygens (including phenoxy) is 1. The molecule has 3 heteroatoms. The van der Waals surface area contributed by atoms with Gasteiger partial charge in [0.15, 0.2) is 0 Å². The number of rotatable bonds is 4. The summed E-state index contributed by atoms with van der Waals surface area (Å²) in [4.78, 5) is 12.2. The summed E-state index contributed by atoms with van der Waals surface area (Å²) in [6.07, 6.45) is 5.15. The summed E-state index contributed by atoms with van der Waals surface area (Å²) in [6, 6.07) is 0. The van der Waals surface area contributed by atoms with Crippen LogP contribution in [0.25, 0.3) is 0 Å². The van der Waals surface area contributed by atoms with Crippen LogP contribution < -0.4 is 5.73 Å². The molecule has 1 unspecified atom stereocenters. The van der Waals surface area contributed by atoms with E-state index in [0.29, 0.717) is 12.0 Å². The molecule has 0 aromatic rings. The molecule has 0 saturated heterocycles. The Morgan fingerprint density at radius 3 is 2.26 bits per heavy atom. The van der Waals surface area contributed by atoms with Gasteiger partial charge in [-0.15, -0.1) is 0 Å². The zero-order chi connectivity index (χ0) is 14.7. The van der Waals surface area contributed by atoms with Gasteiger partial charge < -0.3 is 10.5 Å². The van der Waals surface area contributed by atoms with E-state index in [0.717, 1.165) is 32.1 Å². The second-order valence-electron chi connectivity index (χ2n) is 8.00. The number of carbonyl (C=O) groups is 1. The summed E-state index contributed by atoms with van der Waals surface area (Å²) in [6.45, 7) is 11.3. The SMILES string of the molecule is CC(C)(C)CC(CN)C(=O)OC1CCC(C)(C)CC1. The van der Waals surface area contributed by atoms with Crippen molar-refractivity contribution < 1.29 is 9.53 Å². The maximum atomic E-state index is 12.2. The molecular weight excluding hydrogens is 238 g/mol. The fraction of sp³-hybridized carbons (Fsp3) is 0.938. The molecule has 1 aliphatic carbocycles. The molecule has 19 heavy (non-hydrogen) atoms. The average molecular weight is 269 g/mol. The Bertz CT molecular complexity index is 294. The van der Waals surface area contributed by atoms with Gasteiger partial charge in [0.25, 0.3) is 0 Å². The molecule has 1 saturated carbocycles. The topological polar surface area (TPSA) is 52.3 Å². The summed E-state index contributed by atoms with van der Waals surface area (Å²) in [5.41, 5.74) is 6.24. The van der Waals surface area contributed by atoms with Crippen molar-refractivity contribution in [3.8, 4) is 0 Å². The van der Waals surface area contributed by atoms with Crippen LogP contribution in [0.5, 0.6) is 0 Å². The molecule has 1 atom stereocenters. The second kappa shape index (κ2) is 6.25. The van der Waals surface area contributed by atoms with Gasteiger partial charge in [0.2, 0.25) is 0 Å². The van der Waals surface area contributed by atoms with Gasteiger partial charge in [-0.2, -0.15) is 0 Å². The molecular formula is C16H31NO2. The van der Waals surface area contributed by atoms with E-state index in [-0.39, 0.29) is 23.4 Å². The summed E-state index contributed by atoms with van der Waals surface area (Å²) in [5, 5.41) is 0. The predicted octanol–water partition coefficient (Wildman–Crippen LogP) is 3.51. The highest BCUT2D eigenvalue weighted by atomic mass is 16.5. The number of hydrogen-bond acceptors (Lipinski definition) is 3. The molecule has 0 amide bonds. The van der Waals surface area contributed by atoms with Gasteiger partial charge >= 0.3 is 5.97 Å². The van der Waals surface area contributed by atoms with E-state index < -0.39 is 0 Å². The summed E-state index contributed by atoms with van der Waals surface area (Å²) >= 11 is 0. The molecule has 0 bridgehead atoms. The molecule has 0 aromatic heterocycles. The Balaban J connectivity index is 2.45. The van der Waals surface area contributed by atoms with E-state index in [1.54, 1.807) is 0 Å². The molecule has 0 spiro atoms. The normalized spacial score (nSPS) is 22.0. The van der Waals surface area contributed by atoms with Crippen molar-refractivity contribution in [3.05, 3.63) is 0 Å². The lowest BCUT2D eigenvalue weighted by Gasteiger charge is -2.34. The molecule has 0 aromatic carbocycles. The third-order valence-corrected chi connectivity index (χ3v) is 4.05. The highest BCUT2D eigenvalue weighted by molar-refractivity contribution is 5.73. The van der Waals surface area contributed by atoms with Crippen molar-refractivity contribution in [3.63, 3.8) is 0 Å². The molecule has 1 fully saturated rings. The van der Waals surface area contributed by atoms with Gasteiger partial charge in [-0.3, -0.25) is 4.79 Å².